The number of hydrogen-bond donors (Lipinski definition) is 0. The highest BCUT2D eigenvalue weighted by molar-refractivity contribution is 6.31. The SMILES string of the molecule is C=C(CCC(=C)c1cccc(Cl)c1)c1cccc(Cl)c1. The van der Waals surface area contributed by atoms with Crippen molar-refractivity contribution in [1.29, 1.82) is 0 Å². The van der Waals surface area contributed by atoms with Gasteiger partial charge in [-0.25, -0.2) is 0 Å². The third-order valence-electron chi connectivity index (χ3n) is 3.19. The van der Waals surface area contributed by atoms with Crippen LogP contribution in [0.15, 0.2) is 61.7 Å². The van der Waals surface area contributed by atoms with Crippen molar-refractivity contribution >= 4 is 34.3 Å². The van der Waals surface area contributed by atoms with Crippen molar-refractivity contribution < 1.29 is 0 Å². The first-order valence-electron chi connectivity index (χ1n) is 6.43. The smallest absolute Gasteiger partial charge is 0.0412 e. The Kier molecular flexibility index (Phi) is 5.05. The van der Waals surface area contributed by atoms with Crippen molar-refractivity contribution in [1.82, 2.24) is 0 Å². The normalized spacial score (nSPS) is 10.3. The molecule has 2 aromatic carbocycles. The Morgan fingerprint density at radius 3 is 1.50 bits per heavy atom. The third kappa shape index (κ3) is 4.00. The van der Waals surface area contributed by atoms with Crippen molar-refractivity contribution in [3.63, 3.8) is 0 Å². The third-order valence-corrected chi connectivity index (χ3v) is 3.66. The summed E-state index contributed by atoms with van der Waals surface area (Å²) in [5, 5.41) is 1.47. The maximum absolute atomic E-state index is 5.99. The van der Waals surface area contributed by atoms with E-state index in [0.29, 0.717) is 0 Å². The van der Waals surface area contributed by atoms with E-state index >= 15 is 0 Å². The van der Waals surface area contributed by atoms with Gasteiger partial charge in [0, 0.05) is 10.0 Å². The van der Waals surface area contributed by atoms with Gasteiger partial charge in [0.15, 0.2) is 0 Å². The first kappa shape index (κ1) is 14.9. The molecule has 0 N–H and O–H groups in total. The Morgan fingerprint density at radius 1 is 0.750 bits per heavy atom. The molecule has 0 heterocycles. The lowest BCUT2D eigenvalue weighted by atomic mass is 9.97. The summed E-state index contributed by atoms with van der Waals surface area (Å²) >= 11 is 12.0. The molecular weight excluding hydrogens is 287 g/mol. The average Bonchev–Trinajstić information content (AvgIpc) is 2.44. The minimum atomic E-state index is 0.734. The van der Waals surface area contributed by atoms with Crippen LogP contribution in [0, 0.1) is 0 Å². The Bertz CT molecular complexity index is 584. The van der Waals surface area contributed by atoms with E-state index < -0.39 is 0 Å². The molecule has 0 spiro atoms. The van der Waals surface area contributed by atoms with Gasteiger partial charge in [-0.05, 0) is 59.4 Å². The molecule has 0 aliphatic rings. The summed E-state index contributed by atoms with van der Waals surface area (Å²) in [7, 11) is 0. The summed E-state index contributed by atoms with van der Waals surface area (Å²) in [5.41, 5.74) is 4.29. The fraction of sp³-hybridized carbons (Fsp3) is 0.111. The molecule has 2 aromatic rings. The van der Waals surface area contributed by atoms with Gasteiger partial charge >= 0.3 is 0 Å². The largest absolute Gasteiger partial charge is 0.0952 e. The second-order valence-electron chi connectivity index (χ2n) is 4.73. The van der Waals surface area contributed by atoms with Crippen molar-refractivity contribution in [2.24, 2.45) is 0 Å². The summed E-state index contributed by atoms with van der Waals surface area (Å²) < 4.78 is 0. The van der Waals surface area contributed by atoms with Crippen LogP contribution < -0.4 is 0 Å². The minimum Gasteiger partial charge on any atom is -0.0952 e. The molecule has 0 unspecified atom stereocenters. The molecule has 102 valence electrons. The molecule has 0 saturated heterocycles. The quantitative estimate of drug-likeness (QED) is 0.591. The van der Waals surface area contributed by atoms with E-state index in [1.54, 1.807) is 0 Å². The molecule has 2 rings (SSSR count). The molecule has 0 saturated carbocycles. The Balaban J connectivity index is 1.98. The molecule has 0 radical (unpaired) electrons. The van der Waals surface area contributed by atoms with E-state index in [1.807, 2.05) is 48.5 Å². The molecule has 2 heteroatoms. The highest BCUT2D eigenvalue weighted by Crippen LogP contribution is 2.27. The molecule has 0 amide bonds. The van der Waals surface area contributed by atoms with Crippen molar-refractivity contribution in [3.8, 4) is 0 Å². The number of rotatable bonds is 5. The molecule has 20 heavy (non-hydrogen) atoms. The summed E-state index contributed by atoms with van der Waals surface area (Å²) in [6.07, 6.45) is 1.71. The summed E-state index contributed by atoms with van der Waals surface area (Å²) in [4.78, 5) is 0. The molecule has 0 fully saturated rings. The van der Waals surface area contributed by atoms with Gasteiger partial charge in [-0.1, -0.05) is 60.6 Å². The van der Waals surface area contributed by atoms with Gasteiger partial charge in [0.05, 0.1) is 0 Å². The van der Waals surface area contributed by atoms with Gasteiger partial charge in [0.25, 0.3) is 0 Å². The zero-order valence-corrected chi connectivity index (χ0v) is 12.7. The molecular formula is C18H16Cl2. The van der Waals surface area contributed by atoms with Crippen molar-refractivity contribution in [2.75, 3.05) is 0 Å². The summed E-state index contributed by atoms with van der Waals surface area (Å²) in [6.45, 7) is 8.25. The van der Waals surface area contributed by atoms with E-state index in [4.69, 9.17) is 23.2 Å². The van der Waals surface area contributed by atoms with Gasteiger partial charge in [-0.3, -0.25) is 0 Å². The van der Waals surface area contributed by atoms with Crippen LogP contribution in [0.25, 0.3) is 11.1 Å². The lowest BCUT2D eigenvalue weighted by Crippen LogP contribution is -1.87. The number of benzene rings is 2. The lowest BCUT2D eigenvalue weighted by Gasteiger charge is -2.09. The van der Waals surface area contributed by atoms with Gasteiger partial charge in [0.2, 0.25) is 0 Å². The Morgan fingerprint density at radius 2 is 1.15 bits per heavy atom. The van der Waals surface area contributed by atoms with Crippen LogP contribution in [0.4, 0.5) is 0 Å². The van der Waals surface area contributed by atoms with Gasteiger partial charge in [-0.2, -0.15) is 0 Å². The van der Waals surface area contributed by atoms with E-state index in [0.717, 1.165) is 45.2 Å². The molecule has 0 atom stereocenters. The van der Waals surface area contributed by atoms with Crippen LogP contribution in [-0.2, 0) is 0 Å². The van der Waals surface area contributed by atoms with E-state index in [-0.39, 0.29) is 0 Å². The van der Waals surface area contributed by atoms with E-state index in [9.17, 15) is 0 Å². The van der Waals surface area contributed by atoms with Crippen LogP contribution in [0.5, 0.6) is 0 Å². The van der Waals surface area contributed by atoms with E-state index in [2.05, 4.69) is 13.2 Å². The standard InChI is InChI=1S/C18H16Cl2/c1-13(15-5-3-7-17(19)11-15)9-10-14(2)16-6-4-8-18(20)12-16/h3-8,11-12H,1-2,9-10H2. The van der Waals surface area contributed by atoms with E-state index in [1.165, 1.54) is 0 Å². The first-order valence-corrected chi connectivity index (χ1v) is 7.19. The fourth-order valence-corrected chi connectivity index (χ4v) is 2.39. The fourth-order valence-electron chi connectivity index (χ4n) is 2.01. The molecule has 0 bridgehead atoms. The van der Waals surface area contributed by atoms with Crippen LogP contribution in [-0.4, -0.2) is 0 Å². The second-order valence-corrected chi connectivity index (χ2v) is 5.60. The lowest BCUT2D eigenvalue weighted by molar-refractivity contribution is 1.09. The Hall–Kier alpha value is -1.50. The molecule has 0 aliphatic carbocycles. The predicted molar refractivity (Wildman–Crippen MR) is 90.2 cm³/mol. The summed E-state index contributed by atoms with van der Waals surface area (Å²) in [6, 6.07) is 15.5. The number of allylic oxidation sites excluding steroid dienone is 2. The number of hydrogen-bond acceptors (Lipinski definition) is 0. The van der Waals surface area contributed by atoms with Crippen LogP contribution >= 0.6 is 23.2 Å². The monoisotopic (exact) mass is 302 g/mol. The van der Waals surface area contributed by atoms with Crippen LogP contribution in [0.3, 0.4) is 0 Å². The topological polar surface area (TPSA) is 0 Å². The second kappa shape index (κ2) is 6.78. The Labute approximate surface area is 130 Å². The highest BCUT2D eigenvalue weighted by Gasteiger charge is 2.04. The maximum atomic E-state index is 5.99. The minimum absolute atomic E-state index is 0.734. The molecule has 0 aliphatic heterocycles. The van der Waals surface area contributed by atoms with Crippen molar-refractivity contribution in [3.05, 3.63) is 82.9 Å². The average molecular weight is 303 g/mol. The van der Waals surface area contributed by atoms with Crippen LogP contribution in [0.2, 0.25) is 10.0 Å². The summed E-state index contributed by atoms with van der Waals surface area (Å²) in [5.74, 6) is 0. The first-order chi connectivity index (χ1) is 9.56. The van der Waals surface area contributed by atoms with Crippen molar-refractivity contribution in [2.45, 2.75) is 12.8 Å². The molecule has 0 nitrogen and oxygen atoms in total. The predicted octanol–water partition coefficient (Wildman–Crippen LogP) is 6.50. The maximum Gasteiger partial charge on any atom is 0.0412 e. The van der Waals surface area contributed by atoms with Gasteiger partial charge in [-0.15, -0.1) is 0 Å². The van der Waals surface area contributed by atoms with Crippen LogP contribution in [0.1, 0.15) is 24.0 Å². The number of halogens is 2. The molecule has 0 aromatic heterocycles. The van der Waals surface area contributed by atoms with Gasteiger partial charge in [0.1, 0.15) is 0 Å². The zero-order chi connectivity index (χ0) is 14.5. The van der Waals surface area contributed by atoms with Gasteiger partial charge < -0.3 is 0 Å². The zero-order valence-electron chi connectivity index (χ0n) is 11.2. The highest BCUT2D eigenvalue weighted by atomic mass is 35.5.